The molecule has 0 unspecified atom stereocenters. The van der Waals surface area contributed by atoms with Crippen molar-refractivity contribution in [3.05, 3.63) is 71.7 Å². The first-order valence-corrected chi connectivity index (χ1v) is 8.75. The summed E-state index contributed by atoms with van der Waals surface area (Å²) in [4.78, 5) is 6.68. The van der Waals surface area contributed by atoms with Crippen LogP contribution < -0.4 is 4.74 Å². The number of hydrogen-bond donors (Lipinski definition) is 0. The number of fused-ring (bicyclic) bond motifs is 1. The molecule has 0 aliphatic carbocycles. The molecular weight excluding hydrogens is 312 g/mol. The lowest BCUT2D eigenvalue weighted by atomic mass is 10.1. The monoisotopic (exact) mass is 334 g/mol. The van der Waals surface area contributed by atoms with Crippen LogP contribution >= 0.6 is 0 Å². The third kappa shape index (κ3) is 3.28. The number of aromatic nitrogens is 3. The number of pyridine rings is 1. The minimum Gasteiger partial charge on any atom is -0.477 e. The Hall–Kier alpha value is -2.66. The van der Waals surface area contributed by atoms with Gasteiger partial charge in [-0.1, -0.05) is 30.3 Å². The first kappa shape index (κ1) is 15.8. The smallest absolute Gasteiger partial charge is 0.238 e. The van der Waals surface area contributed by atoms with Crippen molar-refractivity contribution in [3.8, 4) is 11.6 Å². The van der Waals surface area contributed by atoms with Crippen LogP contribution in [0.2, 0.25) is 0 Å². The summed E-state index contributed by atoms with van der Waals surface area (Å²) in [6, 6.07) is 14.6. The largest absolute Gasteiger partial charge is 0.477 e. The Bertz CT molecular complexity index is 830. The van der Waals surface area contributed by atoms with Crippen molar-refractivity contribution >= 4 is 0 Å². The van der Waals surface area contributed by atoms with E-state index in [1.165, 1.54) is 16.8 Å². The van der Waals surface area contributed by atoms with Crippen LogP contribution in [0.1, 0.15) is 23.7 Å². The van der Waals surface area contributed by atoms with E-state index in [9.17, 15) is 0 Å². The fraction of sp³-hybridized carbons (Fsp3) is 0.300. The van der Waals surface area contributed by atoms with E-state index in [2.05, 4.69) is 40.2 Å². The molecule has 0 saturated heterocycles. The summed E-state index contributed by atoms with van der Waals surface area (Å²) in [5.74, 6) is 0.749. The number of ether oxygens (including phenoxy) is 1. The van der Waals surface area contributed by atoms with Crippen molar-refractivity contribution in [2.24, 2.45) is 0 Å². The van der Waals surface area contributed by atoms with E-state index in [1.807, 2.05) is 29.9 Å². The highest BCUT2D eigenvalue weighted by atomic mass is 16.5. The van der Waals surface area contributed by atoms with Gasteiger partial charge in [0.05, 0.1) is 29.7 Å². The van der Waals surface area contributed by atoms with Gasteiger partial charge in [-0.25, -0.2) is 4.68 Å². The highest BCUT2D eigenvalue weighted by Crippen LogP contribution is 2.30. The topological polar surface area (TPSA) is 43.2 Å². The van der Waals surface area contributed by atoms with Crippen molar-refractivity contribution in [2.45, 2.75) is 26.4 Å². The van der Waals surface area contributed by atoms with E-state index in [-0.39, 0.29) is 0 Å². The number of benzene rings is 1. The van der Waals surface area contributed by atoms with Crippen LogP contribution in [0, 0.1) is 0 Å². The van der Waals surface area contributed by atoms with Gasteiger partial charge < -0.3 is 4.74 Å². The summed E-state index contributed by atoms with van der Waals surface area (Å²) >= 11 is 0. The number of rotatable bonds is 5. The molecule has 0 amide bonds. The van der Waals surface area contributed by atoms with E-state index >= 15 is 0 Å². The predicted molar refractivity (Wildman–Crippen MR) is 96.8 cm³/mol. The summed E-state index contributed by atoms with van der Waals surface area (Å²) in [6.45, 7) is 5.44. The van der Waals surface area contributed by atoms with Crippen molar-refractivity contribution in [1.29, 1.82) is 0 Å². The van der Waals surface area contributed by atoms with Crippen LogP contribution in [0.15, 0.2) is 54.9 Å². The molecule has 1 aliphatic rings. The van der Waals surface area contributed by atoms with Crippen LogP contribution in [0.25, 0.3) is 5.69 Å². The fourth-order valence-corrected chi connectivity index (χ4v) is 3.37. The Morgan fingerprint density at radius 2 is 2.00 bits per heavy atom. The normalized spacial score (nSPS) is 14.3. The van der Waals surface area contributed by atoms with Gasteiger partial charge in [0.1, 0.15) is 0 Å². The molecule has 0 fully saturated rings. The zero-order chi connectivity index (χ0) is 17.1. The Kier molecular flexibility index (Phi) is 4.48. The molecule has 2 aromatic heterocycles. The van der Waals surface area contributed by atoms with E-state index in [1.54, 1.807) is 6.20 Å². The second-order valence-corrected chi connectivity index (χ2v) is 6.23. The summed E-state index contributed by atoms with van der Waals surface area (Å²) in [5.41, 5.74) is 4.76. The van der Waals surface area contributed by atoms with E-state index in [4.69, 9.17) is 9.84 Å². The Labute approximate surface area is 147 Å². The summed E-state index contributed by atoms with van der Waals surface area (Å²) in [6.07, 6.45) is 4.58. The van der Waals surface area contributed by atoms with Gasteiger partial charge in [-0.15, -0.1) is 5.10 Å². The number of nitrogens with zero attached hydrogens (tertiary/aromatic N) is 4. The van der Waals surface area contributed by atoms with Crippen molar-refractivity contribution in [2.75, 3.05) is 13.2 Å². The van der Waals surface area contributed by atoms with Gasteiger partial charge in [-0.05, 0) is 24.6 Å². The van der Waals surface area contributed by atoms with E-state index in [0.717, 1.165) is 37.6 Å². The molecule has 3 aromatic rings. The Balaban J connectivity index is 1.63. The molecule has 3 heterocycles. The lowest BCUT2D eigenvalue weighted by molar-refractivity contribution is 0.236. The van der Waals surface area contributed by atoms with E-state index in [0.29, 0.717) is 6.61 Å². The first-order chi connectivity index (χ1) is 12.3. The average Bonchev–Trinajstić information content (AvgIpc) is 3.02. The molecule has 25 heavy (non-hydrogen) atoms. The molecule has 1 aromatic carbocycles. The molecule has 0 atom stereocenters. The molecule has 0 radical (unpaired) electrons. The van der Waals surface area contributed by atoms with Gasteiger partial charge in [-0.2, -0.15) is 0 Å². The van der Waals surface area contributed by atoms with Crippen LogP contribution in [0.4, 0.5) is 0 Å². The minimum absolute atomic E-state index is 0.620. The fourth-order valence-electron chi connectivity index (χ4n) is 3.37. The molecule has 0 spiro atoms. The molecule has 0 saturated carbocycles. The van der Waals surface area contributed by atoms with Crippen molar-refractivity contribution in [3.63, 3.8) is 0 Å². The second kappa shape index (κ2) is 7.07. The van der Waals surface area contributed by atoms with E-state index < -0.39 is 0 Å². The maximum Gasteiger partial charge on any atom is 0.238 e. The Morgan fingerprint density at radius 3 is 2.76 bits per heavy atom. The zero-order valence-corrected chi connectivity index (χ0v) is 14.4. The molecule has 4 rings (SSSR count). The molecule has 1 aliphatic heterocycles. The van der Waals surface area contributed by atoms with Crippen LogP contribution in [0.5, 0.6) is 5.88 Å². The average molecular weight is 334 g/mol. The van der Waals surface area contributed by atoms with Crippen LogP contribution in [-0.4, -0.2) is 32.8 Å². The Morgan fingerprint density at radius 1 is 1.12 bits per heavy atom. The van der Waals surface area contributed by atoms with Gasteiger partial charge in [0.25, 0.3) is 0 Å². The molecule has 5 nitrogen and oxygen atoms in total. The first-order valence-electron chi connectivity index (χ1n) is 8.75. The molecule has 0 N–H and O–H groups in total. The second-order valence-electron chi connectivity index (χ2n) is 6.23. The third-order valence-corrected chi connectivity index (χ3v) is 4.52. The maximum atomic E-state index is 5.83. The number of hydrogen-bond acceptors (Lipinski definition) is 4. The van der Waals surface area contributed by atoms with Gasteiger partial charge in [0, 0.05) is 32.3 Å². The predicted octanol–water partition coefficient (Wildman–Crippen LogP) is 3.22. The SMILES string of the molecule is CCOc1nn(-c2cccnc2)c2c1CN(Cc1ccccc1)CC2. The summed E-state index contributed by atoms with van der Waals surface area (Å²) in [7, 11) is 0. The van der Waals surface area contributed by atoms with Crippen LogP contribution in [0.3, 0.4) is 0 Å². The molecule has 0 bridgehead atoms. The quantitative estimate of drug-likeness (QED) is 0.718. The highest BCUT2D eigenvalue weighted by Gasteiger charge is 2.26. The summed E-state index contributed by atoms with van der Waals surface area (Å²) in [5, 5.41) is 4.72. The van der Waals surface area contributed by atoms with Gasteiger partial charge in [-0.3, -0.25) is 9.88 Å². The summed E-state index contributed by atoms with van der Waals surface area (Å²) < 4.78 is 7.82. The van der Waals surface area contributed by atoms with Crippen molar-refractivity contribution in [1.82, 2.24) is 19.7 Å². The zero-order valence-electron chi connectivity index (χ0n) is 14.4. The molecule has 128 valence electrons. The van der Waals surface area contributed by atoms with Gasteiger partial charge >= 0.3 is 0 Å². The van der Waals surface area contributed by atoms with Crippen LogP contribution in [-0.2, 0) is 19.5 Å². The third-order valence-electron chi connectivity index (χ3n) is 4.52. The lowest BCUT2D eigenvalue weighted by Gasteiger charge is -2.27. The maximum absolute atomic E-state index is 5.83. The highest BCUT2D eigenvalue weighted by molar-refractivity contribution is 5.40. The van der Waals surface area contributed by atoms with Crippen molar-refractivity contribution < 1.29 is 4.74 Å². The molecular formula is C20H22N4O. The standard InChI is InChI=1S/C20H22N4O/c1-2-25-20-18-15-23(14-16-7-4-3-5-8-16)12-10-19(18)24(22-20)17-9-6-11-21-13-17/h3-9,11,13H,2,10,12,14-15H2,1H3. The minimum atomic E-state index is 0.620. The lowest BCUT2D eigenvalue weighted by Crippen LogP contribution is -2.30. The van der Waals surface area contributed by atoms with Gasteiger partial charge in [0.2, 0.25) is 5.88 Å². The molecule has 5 heteroatoms. The van der Waals surface area contributed by atoms with Gasteiger partial charge in [0.15, 0.2) is 0 Å².